The first-order valence-corrected chi connectivity index (χ1v) is 8.79. The van der Waals surface area contributed by atoms with Crippen molar-refractivity contribution in [3.05, 3.63) is 64.1 Å². The fourth-order valence-electron chi connectivity index (χ4n) is 2.69. The second-order valence-corrected chi connectivity index (χ2v) is 6.70. The highest BCUT2D eigenvalue weighted by Crippen LogP contribution is 2.20. The highest BCUT2D eigenvalue weighted by atomic mass is 79.9. The Morgan fingerprint density at radius 3 is 2.31 bits per heavy atom. The minimum atomic E-state index is -0.465. The highest BCUT2D eigenvalue weighted by molar-refractivity contribution is 9.10. The number of nitrogens with one attached hydrogen (secondary N) is 1. The van der Waals surface area contributed by atoms with Crippen LogP contribution in [-0.2, 0) is 0 Å². The minimum absolute atomic E-state index is 0.264. The molecule has 3 rings (SSSR count). The molecule has 0 unspecified atom stereocenters. The molecule has 0 aromatic heterocycles. The molecule has 1 aliphatic rings. The van der Waals surface area contributed by atoms with Gasteiger partial charge in [0, 0.05) is 37.4 Å². The molecule has 0 radical (unpaired) electrons. The first kappa shape index (κ1) is 18.3. The van der Waals surface area contributed by atoms with Gasteiger partial charge in [0.25, 0.3) is 5.91 Å². The summed E-state index contributed by atoms with van der Waals surface area (Å²) in [7, 11) is 0. The Morgan fingerprint density at radius 2 is 1.65 bits per heavy atom. The van der Waals surface area contributed by atoms with Crippen LogP contribution in [0.1, 0.15) is 10.4 Å². The SMILES string of the molecule is O=C(Nc1ccc(Br)c(F)c1)N1CCN(C(=O)c2cccc(F)c2)CC1. The number of anilines is 1. The molecule has 0 bridgehead atoms. The molecule has 0 spiro atoms. The van der Waals surface area contributed by atoms with Crippen LogP contribution in [0.2, 0.25) is 0 Å². The molecule has 3 amide bonds. The first-order chi connectivity index (χ1) is 12.4. The smallest absolute Gasteiger partial charge is 0.321 e. The summed E-state index contributed by atoms with van der Waals surface area (Å²) in [6, 6.07) is 9.51. The van der Waals surface area contributed by atoms with Gasteiger partial charge in [-0.3, -0.25) is 4.79 Å². The lowest BCUT2D eigenvalue weighted by atomic mass is 10.2. The number of halogens is 3. The van der Waals surface area contributed by atoms with Crippen LogP contribution in [0.3, 0.4) is 0 Å². The van der Waals surface area contributed by atoms with Crippen molar-refractivity contribution in [2.45, 2.75) is 0 Å². The minimum Gasteiger partial charge on any atom is -0.335 e. The number of urea groups is 1. The Bertz CT molecular complexity index is 839. The molecule has 0 saturated carbocycles. The molecule has 1 aliphatic heterocycles. The summed E-state index contributed by atoms with van der Waals surface area (Å²) in [5.74, 6) is -1.19. The average molecular weight is 424 g/mol. The molecule has 0 aliphatic carbocycles. The topological polar surface area (TPSA) is 52.7 Å². The molecule has 8 heteroatoms. The van der Waals surface area contributed by atoms with Crippen molar-refractivity contribution in [1.82, 2.24) is 9.80 Å². The van der Waals surface area contributed by atoms with Crippen LogP contribution < -0.4 is 5.32 Å². The lowest BCUT2D eigenvalue weighted by molar-refractivity contribution is 0.0671. The van der Waals surface area contributed by atoms with E-state index in [0.29, 0.717) is 36.3 Å². The summed E-state index contributed by atoms with van der Waals surface area (Å²) < 4.78 is 27.1. The van der Waals surface area contributed by atoms with E-state index in [2.05, 4.69) is 21.2 Å². The highest BCUT2D eigenvalue weighted by Gasteiger charge is 2.25. The second kappa shape index (κ2) is 7.82. The number of carbonyl (C=O) groups is 2. The van der Waals surface area contributed by atoms with Crippen LogP contribution >= 0.6 is 15.9 Å². The van der Waals surface area contributed by atoms with E-state index in [1.165, 1.54) is 30.3 Å². The number of nitrogens with zero attached hydrogens (tertiary/aromatic N) is 2. The third kappa shape index (κ3) is 4.19. The van der Waals surface area contributed by atoms with Crippen LogP contribution in [0.5, 0.6) is 0 Å². The van der Waals surface area contributed by atoms with Crippen LogP contribution in [0.4, 0.5) is 19.3 Å². The Kier molecular flexibility index (Phi) is 5.51. The Balaban J connectivity index is 1.56. The summed E-state index contributed by atoms with van der Waals surface area (Å²) in [4.78, 5) is 27.8. The number of hydrogen-bond acceptors (Lipinski definition) is 2. The summed E-state index contributed by atoms with van der Waals surface area (Å²) >= 11 is 3.06. The Hall–Kier alpha value is -2.48. The third-order valence-electron chi connectivity index (χ3n) is 4.10. The van der Waals surface area contributed by atoms with Gasteiger partial charge in [0.15, 0.2) is 0 Å². The van der Waals surface area contributed by atoms with Gasteiger partial charge in [-0.15, -0.1) is 0 Å². The van der Waals surface area contributed by atoms with Gasteiger partial charge in [0.2, 0.25) is 0 Å². The normalized spacial score (nSPS) is 14.3. The van der Waals surface area contributed by atoms with Crippen LogP contribution in [0.25, 0.3) is 0 Å². The zero-order chi connectivity index (χ0) is 18.7. The molecule has 1 fully saturated rings. The van der Waals surface area contributed by atoms with E-state index in [1.807, 2.05) is 0 Å². The standard InChI is InChI=1S/C18H16BrF2N3O2/c19-15-5-4-14(11-16(15)21)22-18(26)24-8-6-23(7-9-24)17(25)12-2-1-3-13(20)10-12/h1-5,10-11H,6-9H2,(H,22,26). The molecular weight excluding hydrogens is 408 g/mol. The zero-order valence-corrected chi connectivity index (χ0v) is 15.3. The molecule has 136 valence electrons. The third-order valence-corrected chi connectivity index (χ3v) is 4.74. The van der Waals surface area contributed by atoms with Crippen LogP contribution in [-0.4, -0.2) is 47.9 Å². The number of rotatable bonds is 2. The fourth-order valence-corrected chi connectivity index (χ4v) is 2.94. The summed E-state index contributed by atoms with van der Waals surface area (Å²) in [6.45, 7) is 1.37. The molecule has 1 heterocycles. The van der Waals surface area contributed by atoms with E-state index in [1.54, 1.807) is 21.9 Å². The maximum absolute atomic E-state index is 13.5. The molecule has 26 heavy (non-hydrogen) atoms. The summed E-state index contributed by atoms with van der Waals surface area (Å²) in [6.07, 6.45) is 0. The van der Waals surface area contributed by atoms with Gasteiger partial charge in [0.1, 0.15) is 11.6 Å². The van der Waals surface area contributed by atoms with Gasteiger partial charge in [-0.1, -0.05) is 6.07 Å². The largest absolute Gasteiger partial charge is 0.335 e. The molecule has 5 nitrogen and oxygen atoms in total. The maximum Gasteiger partial charge on any atom is 0.321 e. The van der Waals surface area contributed by atoms with Crippen molar-refractivity contribution < 1.29 is 18.4 Å². The van der Waals surface area contributed by atoms with E-state index < -0.39 is 11.6 Å². The maximum atomic E-state index is 13.5. The monoisotopic (exact) mass is 423 g/mol. The van der Waals surface area contributed by atoms with Crippen molar-refractivity contribution in [1.29, 1.82) is 0 Å². The summed E-state index contributed by atoms with van der Waals surface area (Å²) in [5, 5.41) is 2.64. The van der Waals surface area contributed by atoms with Crippen LogP contribution in [0.15, 0.2) is 46.9 Å². The van der Waals surface area contributed by atoms with E-state index in [-0.39, 0.29) is 17.5 Å². The van der Waals surface area contributed by atoms with Gasteiger partial charge in [0.05, 0.1) is 4.47 Å². The lowest BCUT2D eigenvalue weighted by Crippen LogP contribution is -2.51. The van der Waals surface area contributed by atoms with Crippen molar-refractivity contribution in [3.8, 4) is 0 Å². The number of benzene rings is 2. The lowest BCUT2D eigenvalue weighted by Gasteiger charge is -2.34. The van der Waals surface area contributed by atoms with E-state index in [4.69, 9.17) is 0 Å². The number of carbonyl (C=O) groups excluding carboxylic acids is 2. The fraction of sp³-hybridized carbons (Fsp3) is 0.222. The number of piperazine rings is 1. The van der Waals surface area contributed by atoms with Gasteiger partial charge in [-0.2, -0.15) is 0 Å². The molecule has 0 atom stereocenters. The van der Waals surface area contributed by atoms with E-state index in [0.717, 1.165) is 0 Å². The zero-order valence-electron chi connectivity index (χ0n) is 13.7. The van der Waals surface area contributed by atoms with Gasteiger partial charge in [-0.25, -0.2) is 13.6 Å². The van der Waals surface area contributed by atoms with E-state index in [9.17, 15) is 18.4 Å². The predicted octanol–water partition coefficient (Wildman–Crippen LogP) is 3.72. The summed E-state index contributed by atoms with van der Waals surface area (Å²) in [5.41, 5.74) is 0.641. The molecular formula is C18H16BrF2N3O2. The van der Waals surface area contributed by atoms with Crippen molar-refractivity contribution in [3.63, 3.8) is 0 Å². The van der Waals surface area contributed by atoms with Crippen molar-refractivity contribution in [2.75, 3.05) is 31.5 Å². The van der Waals surface area contributed by atoms with Gasteiger partial charge in [-0.05, 0) is 52.3 Å². The number of hydrogen-bond donors (Lipinski definition) is 1. The average Bonchev–Trinajstić information content (AvgIpc) is 2.64. The van der Waals surface area contributed by atoms with Gasteiger partial charge >= 0.3 is 6.03 Å². The predicted molar refractivity (Wildman–Crippen MR) is 97.0 cm³/mol. The van der Waals surface area contributed by atoms with Crippen molar-refractivity contribution >= 4 is 33.6 Å². The molecule has 1 saturated heterocycles. The molecule has 1 N–H and O–H groups in total. The molecule has 2 aromatic carbocycles. The Morgan fingerprint density at radius 1 is 0.962 bits per heavy atom. The molecule has 2 aromatic rings. The van der Waals surface area contributed by atoms with Crippen molar-refractivity contribution in [2.24, 2.45) is 0 Å². The van der Waals surface area contributed by atoms with Gasteiger partial charge < -0.3 is 15.1 Å². The Labute approximate surface area is 157 Å². The quantitative estimate of drug-likeness (QED) is 0.799. The first-order valence-electron chi connectivity index (χ1n) is 8.00. The second-order valence-electron chi connectivity index (χ2n) is 5.85. The van der Waals surface area contributed by atoms with Crippen LogP contribution in [0, 0.1) is 11.6 Å². The number of amides is 3. The van der Waals surface area contributed by atoms with E-state index >= 15 is 0 Å².